The highest BCUT2D eigenvalue weighted by atomic mass is 16.8. The molecule has 0 unspecified atom stereocenters. The zero-order chi connectivity index (χ0) is 41.4. The van der Waals surface area contributed by atoms with E-state index in [1.54, 1.807) is 0 Å². The Hall–Kier alpha value is -1.04. The molecule has 5 aliphatic rings. The minimum absolute atomic E-state index is 0.705. The molecule has 0 spiro atoms. The van der Waals surface area contributed by atoms with Crippen LogP contribution in [-0.2, 0) is 42.6 Å². The van der Waals surface area contributed by atoms with Crippen LogP contribution in [0.15, 0.2) is 0 Å². The van der Waals surface area contributed by atoms with Crippen molar-refractivity contribution in [3.63, 3.8) is 0 Å². The summed E-state index contributed by atoms with van der Waals surface area (Å²) in [7, 11) is 0. The van der Waals surface area contributed by atoms with Gasteiger partial charge in [0.05, 0.1) is 33.0 Å². The predicted molar refractivity (Wildman–Crippen MR) is 167 cm³/mol. The minimum atomic E-state index is -2.70. The van der Waals surface area contributed by atoms with Crippen LogP contribution in [-0.4, -0.2) is 273 Å². The summed E-state index contributed by atoms with van der Waals surface area (Å²) < 4.78 is 49.4. The van der Waals surface area contributed by atoms with E-state index in [0.29, 0.717) is 0 Å². The van der Waals surface area contributed by atoms with Gasteiger partial charge in [-0.2, -0.15) is 0 Å². The second-order valence-electron chi connectivity index (χ2n) is 14.1. The first kappa shape index (κ1) is 46.0. The quantitative estimate of drug-likeness (QED) is 0.0728. The number of ether oxygens (including phenoxy) is 9. The van der Waals surface area contributed by atoms with Gasteiger partial charge < -0.3 is 129 Å². The number of hydrogen-bond acceptors (Lipinski definition) is 26. The Morgan fingerprint density at radius 1 is 0.393 bits per heavy atom. The molecule has 17 N–H and O–H groups in total. The molecular weight excluding hydrogens is 776 g/mol. The Kier molecular flexibility index (Phi) is 15.4. The second-order valence-corrected chi connectivity index (χ2v) is 14.1. The van der Waals surface area contributed by atoms with Crippen LogP contribution in [0.4, 0.5) is 0 Å². The molecule has 0 aliphatic carbocycles. The van der Waals surface area contributed by atoms with E-state index in [-0.39, 0.29) is 0 Å². The lowest BCUT2D eigenvalue weighted by atomic mass is 9.98. The molecule has 5 fully saturated rings. The predicted octanol–water partition coefficient (Wildman–Crippen LogP) is -11.9. The van der Waals surface area contributed by atoms with Crippen molar-refractivity contribution < 1.29 is 129 Å². The standard InChI is InChI=1S/C30H52O26/c31-1-8-13(35)18(40)21(43)26(51-8)48-4-11-14(36)19(41)22(44)27(52-11)49-5-12-15(37)20(42)23(45)28(53-12)56-30(25(47)17(39)10(3-33)55-30)7-50-29(6-34)24(46)16(38)9(2-32)54-29/h8-28,31-47H,1-7H2/t8-,9-,10-,11-,12-,13+,14+,15-,16-,17-,18+,19+,20+,21-,22-,23-,24+,25+,26+,27+,28-,29-,30+/m1/s1. The van der Waals surface area contributed by atoms with Gasteiger partial charge >= 0.3 is 0 Å². The third-order valence-corrected chi connectivity index (χ3v) is 10.5. The molecule has 56 heavy (non-hydrogen) atoms. The Bertz CT molecular complexity index is 1240. The SMILES string of the molecule is OC[C@H]1O[C@H](OC[C@H]2O[C@H](OC[C@H]3O[C@H](O[C@]4(CO[C@]5(CO)O[C@H](CO)[C@@H](O)[C@@H]5O)O[C@H](CO)[C@@H](O)[C@@H]4O)[C@H](O)[C@@H](O)[C@@H]3O)[C@H](O)[C@@H](O)[C@H]2O)[C@H](O)[C@@H](O)[C@H]1O. The van der Waals surface area contributed by atoms with Crippen LogP contribution in [0.2, 0.25) is 0 Å². The molecule has 23 atom stereocenters. The fourth-order valence-electron chi connectivity index (χ4n) is 6.90. The molecule has 0 amide bonds. The topological polar surface area (TPSA) is 427 Å². The van der Waals surface area contributed by atoms with Gasteiger partial charge in [-0.05, 0) is 0 Å². The highest BCUT2D eigenvalue weighted by Crippen LogP contribution is 2.40. The lowest BCUT2D eigenvalue weighted by molar-refractivity contribution is -0.402. The highest BCUT2D eigenvalue weighted by Gasteiger charge is 2.62. The molecule has 0 bridgehead atoms. The molecule has 0 radical (unpaired) electrons. The van der Waals surface area contributed by atoms with Gasteiger partial charge in [0.15, 0.2) is 18.9 Å². The van der Waals surface area contributed by atoms with Gasteiger partial charge in [0.2, 0.25) is 11.6 Å². The molecule has 5 aliphatic heterocycles. The normalized spacial score (nSPS) is 52.8. The lowest BCUT2D eigenvalue weighted by Crippen LogP contribution is -2.64. The maximum atomic E-state index is 11.0. The van der Waals surface area contributed by atoms with Gasteiger partial charge in [0.25, 0.3) is 0 Å². The number of aliphatic hydroxyl groups is 17. The van der Waals surface area contributed by atoms with E-state index in [2.05, 4.69) is 0 Å². The molecule has 328 valence electrons. The highest BCUT2D eigenvalue weighted by molar-refractivity contribution is 5.02. The molecule has 26 heteroatoms. The molecule has 26 nitrogen and oxygen atoms in total. The maximum Gasteiger partial charge on any atom is 0.224 e. The van der Waals surface area contributed by atoms with Crippen LogP contribution >= 0.6 is 0 Å². The van der Waals surface area contributed by atoms with Crippen LogP contribution in [0.5, 0.6) is 0 Å². The summed E-state index contributed by atoms with van der Waals surface area (Å²) in [5.41, 5.74) is 0. The number of rotatable bonds is 15. The van der Waals surface area contributed by atoms with Gasteiger partial charge in [-0.25, -0.2) is 0 Å². The lowest BCUT2D eigenvalue weighted by Gasteiger charge is -2.45. The minimum Gasteiger partial charge on any atom is -0.394 e. The second kappa shape index (κ2) is 18.7. The van der Waals surface area contributed by atoms with E-state index in [0.717, 1.165) is 0 Å². The zero-order valence-electron chi connectivity index (χ0n) is 29.4. The number of aliphatic hydroxyl groups excluding tert-OH is 17. The molecule has 0 aromatic carbocycles. The smallest absolute Gasteiger partial charge is 0.224 e. The fraction of sp³-hybridized carbons (Fsp3) is 1.00. The van der Waals surface area contributed by atoms with Crippen LogP contribution in [0, 0.1) is 0 Å². The van der Waals surface area contributed by atoms with E-state index in [4.69, 9.17) is 42.6 Å². The van der Waals surface area contributed by atoms with Crippen LogP contribution in [0.1, 0.15) is 0 Å². The summed E-state index contributed by atoms with van der Waals surface area (Å²) in [4.78, 5) is 0. The fourth-order valence-corrected chi connectivity index (χ4v) is 6.90. The summed E-state index contributed by atoms with van der Waals surface area (Å²) in [6.07, 6.45) is -38.6. The average molecular weight is 829 g/mol. The summed E-state index contributed by atoms with van der Waals surface area (Å²) in [5, 5.41) is 175. The van der Waals surface area contributed by atoms with Crippen LogP contribution in [0.3, 0.4) is 0 Å². The van der Waals surface area contributed by atoms with E-state index in [9.17, 15) is 86.8 Å². The van der Waals surface area contributed by atoms with E-state index in [1.165, 1.54) is 0 Å². The first-order valence-corrected chi connectivity index (χ1v) is 17.6. The number of hydrogen-bond donors (Lipinski definition) is 17. The average Bonchev–Trinajstić information content (AvgIpc) is 3.59. The third kappa shape index (κ3) is 8.73. The van der Waals surface area contributed by atoms with Crippen LogP contribution in [0.25, 0.3) is 0 Å². The molecule has 0 aromatic rings. The Balaban J connectivity index is 1.27. The first-order chi connectivity index (χ1) is 26.4. The van der Waals surface area contributed by atoms with Gasteiger partial charge in [-0.3, -0.25) is 0 Å². The van der Waals surface area contributed by atoms with Crippen molar-refractivity contribution in [1.82, 2.24) is 0 Å². The van der Waals surface area contributed by atoms with Gasteiger partial charge in [-0.1, -0.05) is 0 Å². The van der Waals surface area contributed by atoms with Crippen molar-refractivity contribution in [3.8, 4) is 0 Å². The summed E-state index contributed by atoms with van der Waals surface area (Å²) in [6.45, 7) is -6.37. The molecule has 5 rings (SSSR count). The first-order valence-electron chi connectivity index (χ1n) is 17.6. The van der Waals surface area contributed by atoms with Gasteiger partial charge in [0.1, 0.15) is 123 Å². The molecule has 0 aromatic heterocycles. The third-order valence-electron chi connectivity index (χ3n) is 10.5. The molecule has 5 heterocycles. The molecule has 5 saturated heterocycles. The van der Waals surface area contributed by atoms with E-state index >= 15 is 0 Å². The maximum absolute atomic E-state index is 11.0. The summed E-state index contributed by atoms with van der Waals surface area (Å²) in [6, 6.07) is 0. The molecule has 0 saturated carbocycles. The monoisotopic (exact) mass is 828 g/mol. The van der Waals surface area contributed by atoms with Crippen LogP contribution < -0.4 is 0 Å². The Morgan fingerprint density at radius 2 is 0.768 bits per heavy atom. The van der Waals surface area contributed by atoms with Crippen molar-refractivity contribution >= 4 is 0 Å². The van der Waals surface area contributed by atoms with Crippen molar-refractivity contribution in [2.75, 3.05) is 46.2 Å². The van der Waals surface area contributed by atoms with Gasteiger partial charge in [-0.15, -0.1) is 0 Å². The summed E-state index contributed by atoms with van der Waals surface area (Å²) in [5.74, 6) is -5.18. The Morgan fingerprint density at radius 3 is 1.20 bits per heavy atom. The zero-order valence-corrected chi connectivity index (χ0v) is 29.4. The van der Waals surface area contributed by atoms with E-state index in [1.807, 2.05) is 0 Å². The largest absolute Gasteiger partial charge is 0.394 e. The van der Waals surface area contributed by atoms with Crippen molar-refractivity contribution in [1.29, 1.82) is 0 Å². The van der Waals surface area contributed by atoms with E-state index < -0.39 is 187 Å². The Labute approximate surface area is 316 Å². The van der Waals surface area contributed by atoms with Crippen molar-refractivity contribution in [3.05, 3.63) is 0 Å². The van der Waals surface area contributed by atoms with Gasteiger partial charge in [0, 0.05) is 0 Å². The van der Waals surface area contributed by atoms with Crippen molar-refractivity contribution in [2.45, 2.75) is 140 Å². The van der Waals surface area contributed by atoms with Crippen molar-refractivity contribution in [2.24, 2.45) is 0 Å². The molecular formula is C30H52O26. The summed E-state index contributed by atoms with van der Waals surface area (Å²) >= 11 is 0.